The summed E-state index contributed by atoms with van der Waals surface area (Å²) in [4.78, 5) is 23.6. The average molecular weight is 404 g/mol. The molecule has 2 N–H and O–H groups in total. The van der Waals surface area contributed by atoms with Crippen LogP contribution in [0.4, 0.5) is 10.2 Å². The van der Waals surface area contributed by atoms with Crippen LogP contribution < -0.4 is 5.32 Å². The van der Waals surface area contributed by atoms with E-state index in [0.717, 1.165) is 11.1 Å². The van der Waals surface area contributed by atoms with Crippen molar-refractivity contribution in [2.75, 3.05) is 5.32 Å². The second kappa shape index (κ2) is 6.76. The van der Waals surface area contributed by atoms with Gasteiger partial charge in [0.1, 0.15) is 5.82 Å². The number of aromatic nitrogens is 7. The molecule has 5 aromatic rings. The lowest BCUT2D eigenvalue weighted by Gasteiger charge is -2.14. The number of aryl methyl sites for hydroxylation is 1. The zero-order valence-electron chi connectivity index (χ0n) is 16.2. The van der Waals surface area contributed by atoms with Crippen molar-refractivity contribution in [3.05, 3.63) is 59.9 Å². The molecular formula is C20H17FN8O. The Morgan fingerprint density at radius 3 is 2.83 bits per heavy atom. The van der Waals surface area contributed by atoms with Gasteiger partial charge in [0, 0.05) is 28.9 Å². The Balaban J connectivity index is 1.67. The molecule has 0 fully saturated rings. The average Bonchev–Trinajstić information content (AvgIpc) is 3.45. The molecule has 0 saturated heterocycles. The first-order valence-corrected chi connectivity index (χ1v) is 9.23. The summed E-state index contributed by atoms with van der Waals surface area (Å²) in [5, 5.41) is 10.4. The van der Waals surface area contributed by atoms with Crippen molar-refractivity contribution < 1.29 is 9.18 Å². The smallest absolute Gasteiger partial charge is 0.212 e. The Morgan fingerprint density at radius 1 is 1.20 bits per heavy atom. The number of hydrogen-bond donors (Lipinski definition) is 2. The summed E-state index contributed by atoms with van der Waals surface area (Å²) in [7, 11) is 0. The summed E-state index contributed by atoms with van der Waals surface area (Å²) in [6, 6.07) is 0. The van der Waals surface area contributed by atoms with Gasteiger partial charge in [-0.2, -0.15) is 5.10 Å². The number of amides is 1. The molecule has 1 amide bonds. The van der Waals surface area contributed by atoms with Gasteiger partial charge < -0.3 is 14.3 Å². The quantitative estimate of drug-likeness (QED) is 0.438. The number of fused-ring (bicyclic) bond motifs is 2. The van der Waals surface area contributed by atoms with E-state index in [4.69, 9.17) is 0 Å². The maximum absolute atomic E-state index is 15.5. The van der Waals surface area contributed by atoms with E-state index in [1.807, 2.05) is 17.7 Å². The van der Waals surface area contributed by atoms with E-state index in [2.05, 4.69) is 30.5 Å². The number of rotatable bonds is 5. The highest BCUT2D eigenvalue weighted by Crippen LogP contribution is 2.35. The van der Waals surface area contributed by atoms with Crippen molar-refractivity contribution in [3.63, 3.8) is 0 Å². The van der Waals surface area contributed by atoms with Gasteiger partial charge in [0.15, 0.2) is 11.5 Å². The molecule has 0 aliphatic heterocycles. The number of halogens is 1. The molecule has 30 heavy (non-hydrogen) atoms. The van der Waals surface area contributed by atoms with E-state index < -0.39 is 0 Å². The lowest BCUT2D eigenvalue weighted by molar-refractivity contribution is -0.105. The molecule has 1 aromatic carbocycles. The predicted octanol–water partition coefficient (Wildman–Crippen LogP) is 2.84. The molecule has 9 nitrogen and oxygen atoms in total. The van der Waals surface area contributed by atoms with Gasteiger partial charge in [0.25, 0.3) is 0 Å². The summed E-state index contributed by atoms with van der Waals surface area (Å²) in [6.07, 6.45) is 10.8. The Morgan fingerprint density at radius 2 is 2.07 bits per heavy atom. The van der Waals surface area contributed by atoms with Crippen LogP contribution in [0.3, 0.4) is 0 Å². The monoisotopic (exact) mass is 404 g/mol. The molecule has 0 aliphatic rings. The van der Waals surface area contributed by atoms with Crippen LogP contribution in [0.15, 0.2) is 37.3 Å². The SMILES string of the molecule is Cc1cn(Cc2c(F)c(C)c(-c3cn4cc(NC=O)nc4cn3)c3cn[nH]c23)cn1. The fourth-order valence-corrected chi connectivity index (χ4v) is 3.73. The summed E-state index contributed by atoms with van der Waals surface area (Å²) < 4.78 is 19.1. The van der Waals surface area contributed by atoms with Gasteiger partial charge in [-0.3, -0.25) is 14.9 Å². The van der Waals surface area contributed by atoms with Crippen molar-refractivity contribution in [1.82, 2.24) is 34.1 Å². The Labute approximate surface area is 169 Å². The predicted molar refractivity (Wildman–Crippen MR) is 109 cm³/mol. The number of benzene rings is 1. The van der Waals surface area contributed by atoms with Gasteiger partial charge in [0.2, 0.25) is 6.41 Å². The molecule has 0 saturated carbocycles. The molecule has 0 spiro atoms. The van der Waals surface area contributed by atoms with E-state index in [9.17, 15) is 4.79 Å². The van der Waals surface area contributed by atoms with Crippen LogP contribution in [0, 0.1) is 19.7 Å². The first-order valence-electron chi connectivity index (χ1n) is 9.23. The number of hydrogen-bond acceptors (Lipinski definition) is 5. The molecule has 150 valence electrons. The van der Waals surface area contributed by atoms with Crippen molar-refractivity contribution in [3.8, 4) is 11.3 Å². The van der Waals surface area contributed by atoms with Gasteiger partial charge >= 0.3 is 0 Å². The summed E-state index contributed by atoms with van der Waals surface area (Å²) >= 11 is 0. The Kier molecular flexibility index (Phi) is 4.05. The van der Waals surface area contributed by atoms with Crippen LogP contribution in [0.5, 0.6) is 0 Å². The maximum atomic E-state index is 15.5. The topological polar surface area (TPSA) is 106 Å². The number of carbonyl (C=O) groups excluding carboxylic acids is 1. The summed E-state index contributed by atoms with van der Waals surface area (Å²) in [6.45, 7) is 3.96. The largest absolute Gasteiger partial charge is 0.333 e. The van der Waals surface area contributed by atoms with Gasteiger partial charge in [-0.15, -0.1) is 0 Å². The van der Waals surface area contributed by atoms with Crippen molar-refractivity contribution in [1.29, 1.82) is 0 Å². The van der Waals surface area contributed by atoms with Gasteiger partial charge in [-0.05, 0) is 19.4 Å². The molecule has 0 bridgehead atoms. The minimum Gasteiger partial charge on any atom is -0.333 e. The number of imidazole rings is 2. The number of nitrogens with one attached hydrogen (secondary N) is 2. The standard InChI is InChI=1S/C20H17FN8O/c1-11-5-28(9-23-11)6-14-19(21)12(2)18(13-3-25-27-20(13)14)15-7-29-8-16(24-10-30)26-17(29)4-22-15/h3-5,7-10H,6H2,1-2H3,(H,24,30)(H,25,27). The molecule has 0 unspecified atom stereocenters. The second-order valence-corrected chi connectivity index (χ2v) is 7.06. The Hall–Kier alpha value is -4.08. The minimum absolute atomic E-state index is 0.316. The fraction of sp³-hybridized carbons (Fsp3) is 0.150. The third kappa shape index (κ3) is 2.81. The van der Waals surface area contributed by atoms with Crippen LogP contribution in [0.2, 0.25) is 0 Å². The molecule has 10 heteroatoms. The van der Waals surface area contributed by atoms with Crippen LogP contribution in [-0.2, 0) is 11.3 Å². The van der Waals surface area contributed by atoms with Gasteiger partial charge in [-0.25, -0.2) is 14.4 Å². The third-order valence-corrected chi connectivity index (χ3v) is 5.09. The lowest BCUT2D eigenvalue weighted by Crippen LogP contribution is -2.05. The van der Waals surface area contributed by atoms with E-state index in [0.29, 0.717) is 52.3 Å². The number of nitrogens with zero attached hydrogens (tertiary/aromatic N) is 6. The van der Waals surface area contributed by atoms with Gasteiger partial charge in [-0.1, -0.05) is 0 Å². The van der Waals surface area contributed by atoms with Crippen LogP contribution in [-0.4, -0.2) is 40.5 Å². The van der Waals surface area contributed by atoms with E-state index in [-0.39, 0.29) is 5.82 Å². The third-order valence-electron chi connectivity index (χ3n) is 5.09. The molecule has 0 atom stereocenters. The molecule has 0 aliphatic carbocycles. The molecule has 5 rings (SSSR count). The number of carbonyl (C=O) groups is 1. The van der Waals surface area contributed by atoms with E-state index in [1.54, 1.807) is 42.4 Å². The second-order valence-electron chi connectivity index (χ2n) is 7.06. The minimum atomic E-state index is -0.316. The zero-order valence-corrected chi connectivity index (χ0v) is 16.2. The highest BCUT2D eigenvalue weighted by atomic mass is 19.1. The maximum Gasteiger partial charge on any atom is 0.212 e. The van der Waals surface area contributed by atoms with Crippen LogP contribution in [0.25, 0.3) is 27.8 Å². The number of anilines is 1. The Bertz CT molecular complexity index is 1410. The summed E-state index contributed by atoms with van der Waals surface area (Å²) in [5.74, 6) is 0.0928. The molecule has 0 radical (unpaired) electrons. The number of aromatic amines is 1. The lowest BCUT2D eigenvalue weighted by atomic mass is 9.97. The highest BCUT2D eigenvalue weighted by Gasteiger charge is 2.21. The van der Waals surface area contributed by atoms with Gasteiger partial charge in [0.05, 0.1) is 48.4 Å². The summed E-state index contributed by atoms with van der Waals surface area (Å²) in [5.41, 5.74) is 4.28. The molecule has 4 aromatic heterocycles. The zero-order chi connectivity index (χ0) is 20.8. The van der Waals surface area contributed by atoms with Crippen molar-refractivity contribution in [2.24, 2.45) is 0 Å². The molecular weight excluding hydrogens is 387 g/mol. The van der Waals surface area contributed by atoms with Crippen LogP contribution >= 0.6 is 0 Å². The first kappa shape index (κ1) is 18.0. The highest BCUT2D eigenvalue weighted by molar-refractivity contribution is 5.97. The van der Waals surface area contributed by atoms with Crippen molar-refractivity contribution >= 4 is 28.8 Å². The molecule has 4 heterocycles. The van der Waals surface area contributed by atoms with E-state index in [1.165, 1.54) is 0 Å². The normalized spacial score (nSPS) is 11.4. The fourth-order valence-electron chi connectivity index (χ4n) is 3.73. The van der Waals surface area contributed by atoms with Crippen LogP contribution in [0.1, 0.15) is 16.8 Å². The van der Waals surface area contributed by atoms with Crippen molar-refractivity contribution in [2.45, 2.75) is 20.4 Å². The number of H-pyrrole nitrogens is 1. The van der Waals surface area contributed by atoms with E-state index >= 15 is 4.39 Å². The first-order chi connectivity index (χ1) is 14.5.